The van der Waals surface area contributed by atoms with Gasteiger partial charge in [-0.15, -0.1) is 0 Å². The van der Waals surface area contributed by atoms with E-state index >= 15 is 0 Å². The van der Waals surface area contributed by atoms with Gasteiger partial charge in [-0.3, -0.25) is 9.59 Å². The SMILES string of the molecule is CSCCC(NC(=O)COc1ccc2c(c1)OC(=Cc1c(F)cccc1Cl)C2=O)C(=O)O. The van der Waals surface area contributed by atoms with E-state index in [2.05, 4.69) is 5.32 Å². The first kappa shape index (κ1) is 23.6. The number of Topliss-reactive ketones (excluding diaryl/α,β-unsaturated/α-hetero) is 1. The topological polar surface area (TPSA) is 102 Å². The number of ketones is 1. The van der Waals surface area contributed by atoms with Crippen LogP contribution in [0.3, 0.4) is 0 Å². The number of hydrogen-bond donors (Lipinski definition) is 2. The Bertz CT molecular complexity index is 1070. The highest BCUT2D eigenvalue weighted by molar-refractivity contribution is 7.98. The molecule has 32 heavy (non-hydrogen) atoms. The Kier molecular flexibility index (Phi) is 7.76. The number of nitrogens with one attached hydrogen (secondary N) is 1. The zero-order valence-corrected chi connectivity index (χ0v) is 18.5. The molecule has 1 aliphatic heterocycles. The van der Waals surface area contributed by atoms with E-state index in [1.54, 1.807) is 0 Å². The summed E-state index contributed by atoms with van der Waals surface area (Å²) in [6.45, 7) is -0.413. The minimum absolute atomic E-state index is 0.0351. The minimum Gasteiger partial charge on any atom is -0.484 e. The summed E-state index contributed by atoms with van der Waals surface area (Å²) in [6, 6.07) is 7.54. The van der Waals surface area contributed by atoms with E-state index in [0.717, 1.165) is 0 Å². The maximum atomic E-state index is 14.0. The molecule has 168 valence electrons. The van der Waals surface area contributed by atoms with Crippen molar-refractivity contribution in [1.29, 1.82) is 0 Å². The fourth-order valence-corrected chi connectivity index (χ4v) is 3.60. The zero-order chi connectivity index (χ0) is 23.3. The number of hydrogen-bond acceptors (Lipinski definition) is 6. The Morgan fingerprint density at radius 3 is 2.81 bits per heavy atom. The van der Waals surface area contributed by atoms with Crippen LogP contribution in [0.2, 0.25) is 5.02 Å². The summed E-state index contributed by atoms with van der Waals surface area (Å²) in [5.41, 5.74) is 0.288. The number of carbonyl (C=O) groups excluding carboxylic acids is 2. The highest BCUT2D eigenvalue weighted by atomic mass is 35.5. The molecule has 1 aliphatic rings. The second kappa shape index (κ2) is 10.5. The number of fused-ring (bicyclic) bond motifs is 1. The molecular formula is C22H19ClFNO6S. The number of ether oxygens (including phenoxy) is 2. The van der Waals surface area contributed by atoms with Crippen molar-refractivity contribution in [2.24, 2.45) is 0 Å². The second-order valence-corrected chi connectivity index (χ2v) is 8.15. The van der Waals surface area contributed by atoms with Crippen LogP contribution in [-0.4, -0.2) is 47.4 Å². The summed E-state index contributed by atoms with van der Waals surface area (Å²) < 4.78 is 25.0. The number of carbonyl (C=O) groups is 3. The van der Waals surface area contributed by atoms with E-state index in [1.165, 1.54) is 54.2 Å². The lowest BCUT2D eigenvalue weighted by Crippen LogP contribution is -2.43. The van der Waals surface area contributed by atoms with Crippen molar-refractivity contribution >= 4 is 47.1 Å². The van der Waals surface area contributed by atoms with E-state index in [1.807, 2.05) is 6.26 Å². The lowest BCUT2D eigenvalue weighted by Gasteiger charge is -2.14. The smallest absolute Gasteiger partial charge is 0.326 e. The summed E-state index contributed by atoms with van der Waals surface area (Å²) >= 11 is 7.48. The first-order valence-electron chi connectivity index (χ1n) is 9.46. The lowest BCUT2D eigenvalue weighted by molar-refractivity contribution is -0.142. The second-order valence-electron chi connectivity index (χ2n) is 6.76. The molecule has 0 fully saturated rings. The van der Waals surface area contributed by atoms with Crippen LogP contribution in [0.25, 0.3) is 6.08 Å². The number of rotatable bonds is 9. The molecule has 1 unspecified atom stereocenters. The van der Waals surface area contributed by atoms with E-state index < -0.39 is 36.1 Å². The molecule has 1 amide bonds. The minimum atomic E-state index is -1.12. The molecule has 0 bridgehead atoms. The number of carboxylic acid groups (broad SMARTS) is 1. The molecule has 0 saturated carbocycles. The molecule has 0 spiro atoms. The number of thioether (sulfide) groups is 1. The molecule has 0 aromatic heterocycles. The maximum Gasteiger partial charge on any atom is 0.326 e. The molecule has 1 heterocycles. The monoisotopic (exact) mass is 479 g/mol. The largest absolute Gasteiger partial charge is 0.484 e. The van der Waals surface area contributed by atoms with Crippen molar-refractivity contribution in [3.05, 3.63) is 64.1 Å². The normalized spacial score (nSPS) is 14.6. The predicted octanol–water partition coefficient (Wildman–Crippen LogP) is 3.80. The third-order valence-corrected chi connectivity index (χ3v) is 5.50. The van der Waals surface area contributed by atoms with Crippen LogP contribution in [0.1, 0.15) is 22.3 Å². The van der Waals surface area contributed by atoms with Crippen molar-refractivity contribution < 1.29 is 33.4 Å². The predicted molar refractivity (Wildman–Crippen MR) is 119 cm³/mol. The average Bonchev–Trinajstić information content (AvgIpc) is 3.06. The summed E-state index contributed by atoms with van der Waals surface area (Å²) in [5, 5.41) is 11.7. The van der Waals surface area contributed by atoms with Gasteiger partial charge in [-0.1, -0.05) is 17.7 Å². The summed E-state index contributed by atoms with van der Waals surface area (Å²) in [6.07, 6.45) is 3.36. The molecule has 1 atom stereocenters. The first-order chi connectivity index (χ1) is 15.3. The van der Waals surface area contributed by atoms with Gasteiger partial charge in [0, 0.05) is 11.6 Å². The van der Waals surface area contributed by atoms with Crippen LogP contribution in [0.4, 0.5) is 4.39 Å². The number of halogens is 2. The first-order valence-corrected chi connectivity index (χ1v) is 11.2. The van der Waals surface area contributed by atoms with E-state index in [-0.39, 0.29) is 39.8 Å². The van der Waals surface area contributed by atoms with Gasteiger partial charge >= 0.3 is 5.97 Å². The van der Waals surface area contributed by atoms with Gasteiger partial charge in [-0.05, 0) is 48.8 Å². The fourth-order valence-electron chi connectivity index (χ4n) is 2.91. The molecule has 0 radical (unpaired) electrons. The van der Waals surface area contributed by atoms with E-state index in [4.69, 9.17) is 21.1 Å². The van der Waals surface area contributed by atoms with Crippen molar-refractivity contribution in [1.82, 2.24) is 5.32 Å². The number of allylic oxidation sites excluding steroid dienone is 1. The van der Waals surface area contributed by atoms with Crippen LogP contribution in [-0.2, 0) is 9.59 Å². The van der Waals surface area contributed by atoms with Gasteiger partial charge in [0.2, 0.25) is 5.78 Å². The Morgan fingerprint density at radius 1 is 1.34 bits per heavy atom. The lowest BCUT2D eigenvalue weighted by atomic mass is 10.1. The van der Waals surface area contributed by atoms with Crippen LogP contribution in [0, 0.1) is 5.82 Å². The third-order valence-electron chi connectivity index (χ3n) is 4.53. The molecular weight excluding hydrogens is 461 g/mol. The van der Waals surface area contributed by atoms with Crippen molar-refractivity contribution in [3.63, 3.8) is 0 Å². The summed E-state index contributed by atoms with van der Waals surface area (Å²) in [5.74, 6) is -1.83. The summed E-state index contributed by atoms with van der Waals surface area (Å²) in [7, 11) is 0. The molecule has 2 aromatic carbocycles. The third kappa shape index (κ3) is 5.60. The zero-order valence-electron chi connectivity index (χ0n) is 16.9. The van der Waals surface area contributed by atoms with Crippen molar-refractivity contribution in [2.45, 2.75) is 12.5 Å². The molecule has 10 heteroatoms. The highest BCUT2D eigenvalue weighted by Crippen LogP contribution is 2.35. The Morgan fingerprint density at radius 2 is 2.12 bits per heavy atom. The maximum absolute atomic E-state index is 14.0. The highest BCUT2D eigenvalue weighted by Gasteiger charge is 2.28. The Balaban J connectivity index is 1.66. The average molecular weight is 480 g/mol. The summed E-state index contributed by atoms with van der Waals surface area (Å²) in [4.78, 5) is 35.8. The molecule has 2 N–H and O–H groups in total. The van der Waals surface area contributed by atoms with Crippen LogP contribution in [0.5, 0.6) is 11.5 Å². The number of benzene rings is 2. The van der Waals surface area contributed by atoms with Crippen LogP contribution in [0.15, 0.2) is 42.2 Å². The Labute approximate surface area is 192 Å². The van der Waals surface area contributed by atoms with Gasteiger partial charge < -0.3 is 19.9 Å². The molecule has 3 rings (SSSR count). The number of amides is 1. The van der Waals surface area contributed by atoms with Gasteiger partial charge in [0.25, 0.3) is 5.91 Å². The number of carboxylic acids is 1. The van der Waals surface area contributed by atoms with Crippen molar-refractivity contribution in [2.75, 3.05) is 18.6 Å². The van der Waals surface area contributed by atoms with Gasteiger partial charge in [0.05, 0.1) is 10.6 Å². The Hall–Kier alpha value is -3.04. The van der Waals surface area contributed by atoms with E-state index in [0.29, 0.717) is 5.75 Å². The molecule has 7 nitrogen and oxygen atoms in total. The van der Waals surface area contributed by atoms with Gasteiger partial charge in [-0.2, -0.15) is 11.8 Å². The number of aliphatic carboxylic acids is 1. The standard InChI is InChI=1S/C22H19ClFNO6S/c1-32-8-7-17(22(28)29)25-20(26)11-30-12-5-6-13-18(9-12)31-19(21(13)27)10-14-15(23)3-2-4-16(14)24/h2-6,9-10,17H,7-8,11H2,1H3,(H,25,26)(H,28,29). The fraction of sp³-hybridized carbons (Fsp3) is 0.227. The van der Waals surface area contributed by atoms with Gasteiger partial charge in [0.1, 0.15) is 23.4 Å². The molecule has 2 aromatic rings. The molecule has 0 saturated heterocycles. The van der Waals surface area contributed by atoms with Gasteiger partial charge in [-0.25, -0.2) is 9.18 Å². The molecule has 0 aliphatic carbocycles. The van der Waals surface area contributed by atoms with E-state index in [9.17, 15) is 23.9 Å². The van der Waals surface area contributed by atoms with Crippen LogP contribution >= 0.6 is 23.4 Å². The van der Waals surface area contributed by atoms with Crippen molar-refractivity contribution in [3.8, 4) is 11.5 Å². The van der Waals surface area contributed by atoms with Gasteiger partial charge in [0.15, 0.2) is 12.4 Å². The van der Waals surface area contributed by atoms with Crippen LogP contribution < -0.4 is 14.8 Å². The quantitative estimate of drug-likeness (QED) is 0.527.